The molecule has 4 rings (SSSR count). The second-order valence-corrected chi connectivity index (χ2v) is 8.36. The molecule has 6 heteroatoms. The highest BCUT2D eigenvalue weighted by molar-refractivity contribution is 7.15. The Morgan fingerprint density at radius 2 is 1.86 bits per heavy atom. The number of hydrogen-bond donors (Lipinski definition) is 1. The molecule has 2 heterocycles. The lowest BCUT2D eigenvalue weighted by atomic mass is 9.74. The molecule has 29 heavy (non-hydrogen) atoms. The van der Waals surface area contributed by atoms with Crippen molar-refractivity contribution >= 4 is 16.5 Å². The van der Waals surface area contributed by atoms with E-state index in [1.165, 1.54) is 6.07 Å². The minimum atomic E-state index is -0.463. The highest BCUT2D eigenvalue weighted by atomic mass is 32.1. The van der Waals surface area contributed by atoms with Crippen molar-refractivity contribution < 1.29 is 9.50 Å². The van der Waals surface area contributed by atoms with Crippen LogP contribution in [0.2, 0.25) is 0 Å². The first-order valence-corrected chi connectivity index (χ1v) is 10.5. The number of nitriles is 1. The topological polar surface area (TPSA) is 60.2 Å². The fourth-order valence-corrected chi connectivity index (χ4v) is 5.30. The van der Waals surface area contributed by atoms with E-state index in [0.29, 0.717) is 5.56 Å². The van der Waals surface area contributed by atoms with Crippen molar-refractivity contribution in [2.45, 2.75) is 38.3 Å². The van der Waals surface area contributed by atoms with Gasteiger partial charge in [-0.1, -0.05) is 49.4 Å². The van der Waals surface area contributed by atoms with Gasteiger partial charge in [-0.2, -0.15) is 5.26 Å². The summed E-state index contributed by atoms with van der Waals surface area (Å²) in [7, 11) is 0. The first-order chi connectivity index (χ1) is 14.1. The summed E-state index contributed by atoms with van der Waals surface area (Å²) in [6, 6.07) is 15.9. The van der Waals surface area contributed by atoms with Crippen LogP contribution < -0.4 is 4.90 Å². The van der Waals surface area contributed by atoms with Gasteiger partial charge in [-0.15, -0.1) is 11.3 Å². The molecular weight excluding hydrogens is 385 g/mol. The maximum absolute atomic E-state index is 14.5. The number of aryl methyl sites for hydroxylation is 2. The van der Waals surface area contributed by atoms with Gasteiger partial charge in [0.05, 0.1) is 24.4 Å². The van der Waals surface area contributed by atoms with Gasteiger partial charge in [0, 0.05) is 16.4 Å². The van der Waals surface area contributed by atoms with E-state index >= 15 is 0 Å². The molecule has 1 saturated heterocycles. The molecule has 148 valence electrons. The van der Waals surface area contributed by atoms with Crippen LogP contribution in [0.5, 0.6) is 0 Å². The third-order valence-corrected chi connectivity index (χ3v) is 6.68. The molecule has 1 aliphatic heterocycles. The smallest absolute Gasteiger partial charge is 0.187 e. The average Bonchev–Trinajstić information content (AvgIpc) is 3.08. The third kappa shape index (κ3) is 3.21. The number of aliphatic hydroxyl groups is 1. The fourth-order valence-electron chi connectivity index (χ4n) is 4.21. The van der Waals surface area contributed by atoms with Gasteiger partial charge in [0.2, 0.25) is 0 Å². The van der Waals surface area contributed by atoms with Gasteiger partial charge in [-0.05, 0) is 30.5 Å². The lowest BCUT2D eigenvalue weighted by molar-refractivity contribution is 0.188. The summed E-state index contributed by atoms with van der Waals surface area (Å²) >= 11 is 1.55. The maximum atomic E-state index is 14.5. The molecule has 0 unspecified atom stereocenters. The lowest BCUT2D eigenvalue weighted by Gasteiger charge is -2.52. The molecule has 1 aromatic heterocycles. The quantitative estimate of drug-likeness (QED) is 0.667. The molecule has 1 N–H and O–H groups in total. The van der Waals surface area contributed by atoms with Crippen molar-refractivity contribution in [2.24, 2.45) is 0 Å². The molecule has 3 atom stereocenters. The Bertz CT molecular complexity index is 1070. The lowest BCUT2D eigenvalue weighted by Crippen LogP contribution is -2.63. The molecule has 0 saturated carbocycles. The van der Waals surface area contributed by atoms with E-state index in [0.717, 1.165) is 33.3 Å². The fraction of sp³-hybridized carbons (Fsp3) is 0.304. The number of aliphatic hydroxyl groups excluding tert-OH is 1. The Hall–Kier alpha value is -2.75. The Morgan fingerprint density at radius 1 is 1.17 bits per heavy atom. The molecule has 4 nitrogen and oxygen atoms in total. The highest BCUT2D eigenvalue weighted by Gasteiger charge is 2.51. The van der Waals surface area contributed by atoms with Crippen molar-refractivity contribution in [3.8, 4) is 17.2 Å². The number of hydrogen-bond acceptors (Lipinski definition) is 5. The van der Waals surface area contributed by atoms with E-state index in [1.54, 1.807) is 29.5 Å². The zero-order chi connectivity index (χ0) is 20.5. The third-order valence-electron chi connectivity index (χ3n) is 5.65. The highest BCUT2D eigenvalue weighted by Crippen LogP contribution is 2.47. The first-order valence-electron chi connectivity index (χ1n) is 9.69. The Morgan fingerprint density at radius 3 is 2.48 bits per heavy atom. The molecule has 1 aliphatic rings. The van der Waals surface area contributed by atoms with Gasteiger partial charge >= 0.3 is 0 Å². The number of benzene rings is 2. The first kappa shape index (κ1) is 19.6. The molecule has 3 aromatic rings. The molecule has 0 bridgehead atoms. The monoisotopic (exact) mass is 407 g/mol. The van der Waals surface area contributed by atoms with Crippen LogP contribution in [0.1, 0.15) is 29.0 Å². The molecule has 1 fully saturated rings. The van der Waals surface area contributed by atoms with Crippen LogP contribution >= 0.6 is 11.3 Å². The Kier molecular flexibility index (Phi) is 5.35. The molecule has 0 radical (unpaired) electrons. The number of aromatic nitrogens is 1. The maximum Gasteiger partial charge on any atom is 0.187 e. The zero-order valence-corrected chi connectivity index (χ0v) is 17.2. The van der Waals surface area contributed by atoms with Crippen LogP contribution in [0.4, 0.5) is 9.52 Å². The predicted octanol–water partition coefficient (Wildman–Crippen LogP) is 4.68. The molecule has 0 amide bonds. The predicted molar refractivity (Wildman–Crippen MR) is 114 cm³/mol. The Balaban J connectivity index is 1.77. The van der Waals surface area contributed by atoms with Crippen molar-refractivity contribution in [1.29, 1.82) is 5.26 Å². The summed E-state index contributed by atoms with van der Waals surface area (Å²) in [5.74, 6) is -0.525. The van der Waals surface area contributed by atoms with Gasteiger partial charge in [0.1, 0.15) is 11.9 Å². The average molecular weight is 408 g/mol. The summed E-state index contributed by atoms with van der Waals surface area (Å²) in [5, 5.41) is 20.9. The number of nitrogens with zero attached hydrogens (tertiary/aromatic N) is 3. The Labute approximate surface area is 173 Å². The molecule has 0 aliphatic carbocycles. The largest absolute Gasteiger partial charge is 0.394 e. The normalized spacial score (nSPS) is 20.9. The van der Waals surface area contributed by atoms with Gasteiger partial charge in [0.15, 0.2) is 5.13 Å². The van der Waals surface area contributed by atoms with Crippen LogP contribution in [0, 0.1) is 24.1 Å². The minimum Gasteiger partial charge on any atom is -0.394 e. The zero-order valence-electron chi connectivity index (χ0n) is 16.3. The van der Waals surface area contributed by atoms with E-state index in [4.69, 9.17) is 4.98 Å². The van der Waals surface area contributed by atoms with Gasteiger partial charge in [-0.3, -0.25) is 0 Å². The van der Waals surface area contributed by atoms with Crippen molar-refractivity contribution in [1.82, 2.24) is 4.98 Å². The number of rotatable bonds is 5. The number of anilines is 1. The van der Waals surface area contributed by atoms with Crippen molar-refractivity contribution in [2.75, 3.05) is 11.5 Å². The summed E-state index contributed by atoms with van der Waals surface area (Å²) in [4.78, 5) is 7.74. The van der Waals surface area contributed by atoms with Gasteiger partial charge in [0.25, 0.3) is 0 Å². The second-order valence-electron chi connectivity index (χ2n) is 7.18. The van der Waals surface area contributed by atoms with Crippen LogP contribution in [0.15, 0.2) is 48.5 Å². The standard InChI is InChI=1S/C23H22FN3OS/c1-3-19-14(2)29-23(26-19)27-20(12-25)22(21(27)13-28)17-10-5-4-8-15(17)16-9-6-7-11-18(16)24/h4-11,20-22,28H,3,13H2,1-2H3/t20-,21+,22-/m1/s1. The van der Waals surface area contributed by atoms with Crippen molar-refractivity contribution in [3.05, 3.63) is 70.5 Å². The molecular formula is C23H22FN3OS. The van der Waals surface area contributed by atoms with Gasteiger partial charge in [-0.25, -0.2) is 9.37 Å². The molecule has 0 spiro atoms. The summed E-state index contributed by atoms with van der Waals surface area (Å²) < 4.78 is 14.5. The van der Waals surface area contributed by atoms with Gasteiger partial charge < -0.3 is 10.0 Å². The summed E-state index contributed by atoms with van der Waals surface area (Å²) in [5.41, 5.74) is 3.17. The van der Waals surface area contributed by atoms with Crippen LogP contribution in [-0.4, -0.2) is 28.8 Å². The SMILES string of the molecule is CCc1nc(N2[C@H](C#N)[C@@H](c3ccccc3-c3ccccc3F)[C@@H]2CO)sc1C. The van der Waals surface area contributed by atoms with E-state index in [9.17, 15) is 14.8 Å². The second kappa shape index (κ2) is 7.94. The van der Waals surface area contributed by atoms with Crippen LogP contribution in [0.25, 0.3) is 11.1 Å². The molecule has 2 aromatic carbocycles. The number of thiazole rings is 1. The number of halogens is 1. The summed E-state index contributed by atoms with van der Waals surface area (Å²) in [6.07, 6.45) is 0.830. The van der Waals surface area contributed by atoms with E-state index in [1.807, 2.05) is 36.1 Å². The van der Waals surface area contributed by atoms with Crippen LogP contribution in [-0.2, 0) is 6.42 Å². The van der Waals surface area contributed by atoms with Crippen LogP contribution in [0.3, 0.4) is 0 Å². The van der Waals surface area contributed by atoms with E-state index in [2.05, 4.69) is 13.0 Å². The summed E-state index contributed by atoms with van der Waals surface area (Å²) in [6.45, 7) is 3.98. The minimum absolute atomic E-state index is 0.103. The van der Waals surface area contributed by atoms with E-state index in [-0.39, 0.29) is 24.4 Å². The van der Waals surface area contributed by atoms with Crippen molar-refractivity contribution in [3.63, 3.8) is 0 Å². The van der Waals surface area contributed by atoms with E-state index < -0.39 is 6.04 Å².